The molecule has 0 aliphatic carbocycles. The number of anilines is 1. The molecule has 2 aliphatic heterocycles. The van der Waals surface area contributed by atoms with Crippen LogP contribution < -0.4 is 14.4 Å². The van der Waals surface area contributed by atoms with E-state index in [0.717, 1.165) is 30.8 Å². The largest absolute Gasteiger partial charge is 0.490 e. The summed E-state index contributed by atoms with van der Waals surface area (Å²) < 4.78 is 13.3. The van der Waals surface area contributed by atoms with Gasteiger partial charge in [0.25, 0.3) is 5.91 Å². The molecule has 0 atom stereocenters. The summed E-state index contributed by atoms with van der Waals surface area (Å²) in [4.78, 5) is 17.8. The molecule has 7 heteroatoms. The van der Waals surface area contributed by atoms with Crippen LogP contribution in [0.15, 0.2) is 42.6 Å². The maximum absolute atomic E-state index is 13.5. The average molecular weight is 447 g/mol. The Hall–Kier alpha value is -3.48. The summed E-state index contributed by atoms with van der Waals surface area (Å²) in [6.45, 7) is 8.57. The van der Waals surface area contributed by atoms with E-state index in [2.05, 4.69) is 42.0 Å². The monoisotopic (exact) mass is 446 g/mol. The van der Waals surface area contributed by atoms with Crippen molar-refractivity contribution in [2.24, 2.45) is 7.05 Å². The maximum atomic E-state index is 13.5. The Kier molecular flexibility index (Phi) is 5.70. The molecule has 0 unspecified atom stereocenters. The summed E-state index contributed by atoms with van der Waals surface area (Å²) in [5.41, 5.74) is 6.01. The first-order valence-electron chi connectivity index (χ1n) is 11.6. The van der Waals surface area contributed by atoms with E-state index in [-0.39, 0.29) is 5.91 Å². The second kappa shape index (κ2) is 8.81. The van der Waals surface area contributed by atoms with E-state index in [1.165, 1.54) is 16.8 Å². The summed E-state index contributed by atoms with van der Waals surface area (Å²) in [5, 5.41) is 4.62. The fourth-order valence-electron chi connectivity index (χ4n) is 4.57. The van der Waals surface area contributed by atoms with Crippen LogP contribution in [0.1, 0.15) is 27.9 Å². The molecule has 7 nitrogen and oxygen atoms in total. The molecule has 33 heavy (non-hydrogen) atoms. The van der Waals surface area contributed by atoms with Crippen molar-refractivity contribution in [3.8, 4) is 22.8 Å². The van der Waals surface area contributed by atoms with Gasteiger partial charge in [-0.1, -0.05) is 12.1 Å². The fraction of sp³-hybridized carbons (Fsp3) is 0.385. The van der Waals surface area contributed by atoms with Gasteiger partial charge < -0.3 is 19.3 Å². The molecule has 1 saturated heterocycles. The van der Waals surface area contributed by atoms with Crippen molar-refractivity contribution < 1.29 is 14.3 Å². The molecule has 0 radical (unpaired) electrons. The first-order valence-corrected chi connectivity index (χ1v) is 11.6. The first-order chi connectivity index (χ1) is 16.0. The Morgan fingerprint density at radius 2 is 1.73 bits per heavy atom. The van der Waals surface area contributed by atoms with E-state index >= 15 is 0 Å². The van der Waals surface area contributed by atoms with E-state index in [9.17, 15) is 4.79 Å². The van der Waals surface area contributed by atoms with Gasteiger partial charge >= 0.3 is 0 Å². The Bertz CT molecular complexity index is 1180. The van der Waals surface area contributed by atoms with Gasteiger partial charge in [0.2, 0.25) is 0 Å². The lowest BCUT2D eigenvalue weighted by Crippen LogP contribution is -2.49. The zero-order valence-electron chi connectivity index (χ0n) is 19.5. The van der Waals surface area contributed by atoms with Gasteiger partial charge in [-0.2, -0.15) is 5.10 Å². The van der Waals surface area contributed by atoms with Gasteiger partial charge in [-0.15, -0.1) is 0 Å². The molecule has 3 aromatic rings. The van der Waals surface area contributed by atoms with Crippen LogP contribution in [0.25, 0.3) is 11.3 Å². The normalized spacial score (nSPS) is 16.0. The van der Waals surface area contributed by atoms with Gasteiger partial charge in [-0.05, 0) is 49.2 Å². The summed E-state index contributed by atoms with van der Waals surface area (Å²) in [5.74, 6) is 1.46. The van der Waals surface area contributed by atoms with Gasteiger partial charge in [0.15, 0.2) is 11.5 Å². The van der Waals surface area contributed by atoms with Crippen molar-refractivity contribution >= 4 is 11.6 Å². The second-order valence-corrected chi connectivity index (χ2v) is 8.78. The standard InChI is InChI=1S/C26H30N4O3/c1-18-6-4-7-22(19(18)2)29-10-12-30(13-11-29)26(31)21-17-28(3)27-25(21)20-8-9-23-24(16-20)33-15-5-14-32-23/h4,6-9,16-17H,5,10-15H2,1-3H3. The van der Waals surface area contributed by atoms with E-state index in [0.29, 0.717) is 43.3 Å². The Labute approximate surface area is 194 Å². The molecule has 0 bridgehead atoms. The molecule has 2 aliphatic rings. The predicted molar refractivity (Wildman–Crippen MR) is 128 cm³/mol. The third-order valence-electron chi connectivity index (χ3n) is 6.56. The van der Waals surface area contributed by atoms with Gasteiger partial charge in [0, 0.05) is 57.1 Å². The number of ether oxygens (including phenoxy) is 2. The van der Waals surface area contributed by atoms with Gasteiger partial charge in [-0.25, -0.2) is 0 Å². The molecular formula is C26H30N4O3. The number of rotatable bonds is 3. The number of carbonyl (C=O) groups excluding carboxylic acids is 1. The highest BCUT2D eigenvalue weighted by atomic mass is 16.5. The number of carbonyl (C=O) groups is 1. The molecule has 0 spiro atoms. The number of aryl methyl sites for hydroxylation is 2. The molecule has 1 amide bonds. The van der Waals surface area contributed by atoms with Crippen molar-refractivity contribution in [2.75, 3.05) is 44.3 Å². The molecule has 2 aromatic carbocycles. The fourth-order valence-corrected chi connectivity index (χ4v) is 4.57. The summed E-state index contributed by atoms with van der Waals surface area (Å²) >= 11 is 0. The quantitative estimate of drug-likeness (QED) is 0.612. The first kappa shape index (κ1) is 21.4. The summed E-state index contributed by atoms with van der Waals surface area (Å²) in [6.07, 6.45) is 2.67. The molecule has 0 saturated carbocycles. The van der Waals surface area contributed by atoms with E-state index < -0.39 is 0 Å². The Morgan fingerprint density at radius 1 is 0.970 bits per heavy atom. The lowest BCUT2D eigenvalue weighted by Gasteiger charge is -2.37. The van der Waals surface area contributed by atoms with Gasteiger partial charge in [0.05, 0.1) is 18.8 Å². The average Bonchev–Trinajstić information content (AvgIpc) is 3.07. The summed E-state index contributed by atoms with van der Waals surface area (Å²) in [7, 11) is 1.85. The molecule has 1 aromatic heterocycles. The third-order valence-corrected chi connectivity index (χ3v) is 6.56. The van der Waals surface area contributed by atoms with Crippen molar-refractivity contribution in [2.45, 2.75) is 20.3 Å². The van der Waals surface area contributed by atoms with Crippen LogP contribution in [-0.2, 0) is 7.05 Å². The third kappa shape index (κ3) is 4.15. The maximum Gasteiger partial charge on any atom is 0.257 e. The Balaban J connectivity index is 1.35. The molecule has 172 valence electrons. The topological polar surface area (TPSA) is 59.8 Å². The molecule has 5 rings (SSSR count). The van der Waals surface area contributed by atoms with Crippen molar-refractivity contribution in [3.05, 3.63) is 59.3 Å². The van der Waals surface area contributed by atoms with Crippen LogP contribution in [-0.4, -0.2) is 60.0 Å². The van der Waals surface area contributed by atoms with Crippen molar-refractivity contribution in [1.82, 2.24) is 14.7 Å². The van der Waals surface area contributed by atoms with Crippen LogP contribution >= 0.6 is 0 Å². The zero-order valence-corrected chi connectivity index (χ0v) is 19.5. The molecule has 3 heterocycles. The van der Waals surface area contributed by atoms with Gasteiger partial charge in [0.1, 0.15) is 5.69 Å². The second-order valence-electron chi connectivity index (χ2n) is 8.78. The number of benzene rings is 2. The molecule has 1 fully saturated rings. The van der Waals surface area contributed by atoms with Crippen LogP contribution in [0.4, 0.5) is 5.69 Å². The zero-order chi connectivity index (χ0) is 22.9. The number of aromatic nitrogens is 2. The van der Waals surface area contributed by atoms with Gasteiger partial charge in [-0.3, -0.25) is 9.48 Å². The van der Waals surface area contributed by atoms with E-state index in [1.807, 2.05) is 36.3 Å². The smallest absolute Gasteiger partial charge is 0.257 e. The van der Waals surface area contributed by atoms with Crippen LogP contribution in [0.5, 0.6) is 11.5 Å². The number of piperazine rings is 1. The molecule has 0 N–H and O–H groups in total. The lowest BCUT2D eigenvalue weighted by atomic mass is 10.1. The number of amides is 1. The number of hydrogen-bond acceptors (Lipinski definition) is 5. The highest BCUT2D eigenvalue weighted by molar-refractivity contribution is 6.00. The van der Waals surface area contributed by atoms with E-state index in [1.54, 1.807) is 4.68 Å². The lowest BCUT2D eigenvalue weighted by molar-refractivity contribution is 0.0747. The predicted octanol–water partition coefficient (Wildman–Crippen LogP) is 3.83. The summed E-state index contributed by atoms with van der Waals surface area (Å²) in [6, 6.07) is 12.2. The van der Waals surface area contributed by atoms with E-state index in [4.69, 9.17) is 9.47 Å². The molecular weight excluding hydrogens is 416 g/mol. The van der Waals surface area contributed by atoms with Crippen molar-refractivity contribution in [1.29, 1.82) is 0 Å². The number of fused-ring (bicyclic) bond motifs is 1. The van der Waals surface area contributed by atoms with Crippen LogP contribution in [0, 0.1) is 13.8 Å². The Morgan fingerprint density at radius 3 is 2.52 bits per heavy atom. The highest BCUT2D eigenvalue weighted by Crippen LogP contribution is 2.35. The minimum Gasteiger partial charge on any atom is -0.490 e. The SMILES string of the molecule is Cc1cccc(N2CCN(C(=O)c3cn(C)nc3-c3ccc4c(c3)OCCCO4)CC2)c1C. The van der Waals surface area contributed by atoms with Crippen LogP contribution in [0.2, 0.25) is 0 Å². The number of hydrogen-bond donors (Lipinski definition) is 0. The van der Waals surface area contributed by atoms with Crippen molar-refractivity contribution in [3.63, 3.8) is 0 Å². The highest BCUT2D eigenvalue weighted by Gasteiger charge is 2.27. The number of nitrogens with zero attached hydrogens (tertiary/aromatic N) is 4. The van der Waals surface area contributed by atoms with Crippen LogP contribution in [0.3, 0.4) is 0 Å². The minimum atomic E-state index is 0.0193. The minimum absolute atomic E-state index is 0.0193.